The van der Waals surface area contributed by atoms with E-state index in [1.807, 2.05) is 18.9 Å². The molecule has 1 aliphatic rings. The maximum atomic E-state index is 7.66. The zero-order valence-corrected chi connectivity index (χ0v) is 10.4. The molecule has 0 aromatic carbocycles. The average molecular weight is 204 g/mol. The lowest BCUT2D eigenvalue weighted by Crippen LogP contribution is -2.23. The van der Waals surface area contributed by atoms with Crippen molar-refractivity contribution < 1.29 is 0 Å². The van der Waals surface area contributed by atoms with E-state index in [-0.39, 0.29) is 5.31 Å². The number of allylic oxidation sites excluding steroid dienone is 2. The molecule has 0 aromatic heterocycles. The van der Waals surface area contributed by atoms with Crippen molar-refractivity contribution in [3.8, 4) is 0 Å². The molecule has 1 rings (SSSR count). The van der Waals surface area contributed by atoms with Crippen LogP contribution in [0.4, 0.5) is 0 Å². The van der Waals surface area contributed by atoms with Crippen molar-refractivity contribution in [1.29, 1.82) is 5.41 Å². The third kappa shape index (κ3) is 3.12. The van der Waals surface area contributed by atoms with Crippen LogP contribution >= 0.6 is 0 Å². The lowest BCUT2D eigenvalue weighted by Gasteiger charge is -2.25. The van der Waals surface area contributed by atoms with Crippen LogP contribution in [0, 0.1) is 5.41 Å². The van der Waals surface area contributed by atoms with E-state index >= 15 is 0 Å². The summed E-state index contributed by atoms with van der Waals surface area (Å²) in [4.78, 5) is 1.98. The lowest BCUT2D eigenvalue weighted by molar-refractivity contribution is 0.536. The Kier molecular flexibility index (Phi) is 3.64. The van der Waals surface area contributed by atoms with Crippen LogP contribution in [0.1, 0.15) is 46.5 Å². The largest absolute Gasteiger partial charge is 0.337 e. The molecule has 0 fully saturated rings. The molecule has 1 N–H and O–H groups in total. The van der Waals surface area contributed by atoms with E-state index < -0.39 is 0 Å². The summed E-state index contributed by atoms with van der Waals surface area (Å²) in [5, 5.41) is 7.59. The Labute approximate surface area is 94.7 Å². The van der Waals surface area contributed by atoms with Gasteiger partial charge in [0.05, 0.1) is 13.7 Å². The minimum Gasteiger partial charge on any atom is -0.337 e. The average Bonchev–Trinajstić information content (AvgIpc) is 2.21. The summed E-state index contributed by atoms with van der Waals surface area (Å²) in [6, 6.07) is 0. The quantitative estimate of drug-likeness (QED) is 0.396. The predicted molar refractivity (Wildman–Crippen MR) is 66.5 cm³/mol. The molecule has 82 valence electrons. The number of nitrogens with one attached hydrogen (secondary N) is 1. The fourth-order valence-electron chi connectivity index (χ4n) is 2.33. The van der Waals surface area contributed by atoms with Crippen molar-refractivity contribution in [2.75, 3.05) is 7.05 Å². The van der Waals surface area contributed by atoms with Crippen molar-refractivity contribution in [3.05, 3.63) is 11.3 Å². The zero-order chi connectivity index (χ0) is 11.6. The molecular formula is C12H21BN2. The topological polar surface area (TPSA) is 27.1 Å². The molecule has 0 amide bonds. The molecule has 0 saturated carbocycles. The van der Waals surface area contributed by atoms with Gasteiger partial charge in [0.2, 0.25) is 0 Å². The Morgan fingerprint density at radius 3 is 2.67 bits per heavy atom. The number of hydrogen-bond acceptors (Lipinski definition) is 1. The highest BCUT2D eigenvalue weighted by atomic mass is 15.1. The van der Waals surface area contributed by atoms with Crippen LogP contribution in [0.15, 0.2) is 11.3 Å². The lowest BCUT2D eigenvalue weighted by atomic mass is 9.65. The van der Waals surface area contributed by atoms with E-state index in [1.165, 1.54) is 11.3 Å². The van der Waals surface area contributed by atoms with E-state index in [0.717, 1.165) is 25.7 Å². The van der Waals surface area contributed by atoms with Crippen LogP contribution in [-0.4, -0.2) is 25.6 Å². The normalized spacial score (nSPS) is 27.5. The van der Waals surface area contributed by atoms with Gasteiger partial charge >= 0.3 is 0 Å². The Morgan fingerprint density at radius 2 is 2.13 bits per heavy atom. The molecule has 2 nitrogen and oxygen atoms in total. The molecule has 1 aliphatic carbocycles. The van der Waals surface area contributed by atoms with E-state index in [2.05, 4.69) is 13.8 Å². The van der Waals surface area contributed by atoms with Gasteiger partial charge in [-0.3, -0.25) is 5.41 Å². The van der Waals surface area contributed by atoms with Gasteiger partial charge in [-0.15, -0.1) is 0 Å². The summed E-state index contributed by atoms with van der Waals surface area (Å²) in [5.41, 5.74) is 2.63. The molecule has 3 heteroatoms. The first-order valence-electron chi connectivity index (χ1n) is 5.60. The second-order valence-corrected chi connectivity index (χ2v) is 5.06. The van der Waals surface area contributed by atoms with Crippen LogP contribution in [0.3, 0.4) is 0 Å². The van der Waals surface area contributed by atoms with Crippen LogP contribution in [0.25, 0.3) is 0 Å². The van der Waals surface area contributed by atoms with Gasteiger partial charge in [0.15, 0.2) is 0 Å². The molecule has 0 heterocycles. The van der Waals surface area contributed by atoms with Gasteiger partial charge in [0, 0.05) is 12.7 Å². The van der Waals surface area contributed by atoms with Crippen molar-refractivity contribution in [1.82, 2.24) is 4.90 Å². The molecule has 1 unspecified atom stereocenters. The first kappa shape index (κ1) is 12.3. The molecule has 1 atom stereocenters. The highest BCUT2D eigenvalue weighted by molar-refractivity contribution is 6.15. The molecule has 0 aliphatic heterocycles. The number of amidine groups is 1. The minimum atomic E-state index is -0.0669. The Morgan fingerprint density at radius 1 is 1.53 bits per heavy atom. The first-order chi connectivity index (χ1) is 6.83. The summed E-state index contributed by atoms with van der Waals surface area (Å²) >= 11 is 0. The van der Waals surface area contributed by atoms with E-state index in [0.29, 0.717) is 5.84 Å². The second-order valence-electron chi connectivity index (χ2n) is 5.06. The molecule has 2 radical (unpaired) electrons. The van der Waals surface area contributed by atoms with Crippen molar-refractivity contribution in [2.45, 2.75) is 51.8 Å². The highest BCUT2D eigenvalue weighted by Gasteiger charge is 2.24. The predicted octanol–water partition coefficient (Wildman–Crippen LogP) is 3.11. The SMILES string of the molecule is [B]C1(C)CCCC(N(C)C(C)=N)=C(C)C1. The number of nitrogens with zero attached hydrogens (tertiary/aromatic N) is 1. The molecule has 15 heavy (non-hydrogen) atoms. The van der Waals surface area contributed by atoms with Crippen molar-refractivity contribution in [3.63, 3.8) is 0 Å². The Balaban J connectivity index is 2.91. The zero-order valence-electron chi connectivity index (χ0n) is 10.4. The maximum absolute atomic E-state index is 7.66. The Hall–Kier alpha value is -0.725. The fraction of sp³-hybridized carbons (Fsp3) is 0.750. The highest BCUT2D eigenvalue weighted by Crippen LogP contribution is 2.40. The summed E-state index contributed by atoms with van der Waals surface area (Å²) in [5.74, 6) is 0.602. The van der Waals surface area contributed by atoms with Crippen LogP contribution in [0.2, 0.25) is 5.31 Å². The fourth-order valence-corrected chi connectivity index (χ4v) is 2.33. The van der Waals surface area contributed by atoms with Crippen LogP contribution < -0.4 is 0 Å². The van der Waals surface area contributed by atoms with E-state index in [9.17, 15) is 0 Å². The van der Waals surface area contributed by atoms with Gasteiger partial charge in [-0.25, -0.2) is 0 Å². The number of hydrogen-bond donors (Lipinski definition) is 1. The summed E-state index contributed by atoms with van der Waals surface area (Å²) in [7, 11) is 8.17. The second kappa shape index (κ2) is 4.42. The van der Waals surface area contributed by atoms with Gasteiger partial charge < -0.3 is 4.90 Å². The van der Waals surface area contributed by atoms with Gasteiger partial charge in [-0.05, 0) is 33.1 Å². The van der Waals surface area contributed by atoms with Gasteiger partial charge in [-0.1, -0.05) is 24.2 Å². The monoisotopic (exact) mass is 204 g/mol. The van der Waals surface area contributed by atoms with Gasteiger partial charge in [0.1, 0.15) is 0 Å². The first-order valence-corrected chi connectivity index (χ1v) is 5.60. The summed E-state index contributed by atoms with van der Waals surface area (Å²) in [6.45, 7) is 6.09. The molecule has 0 saturated heterocycles. The molecule has 0 bridgehead atoms. The standard InChI is InChI=1S/C12H21BN2/c1-9-8-12(3,13)7-5-6-11(9)15(4)10(2)14/h14H,5-8H2,1-4H3. The smallest absolute Gasteiger partial charge is 0.0965 e. The summed E-state index contributed by atoms with van der Waals surface area (Å²) < 4.78 is 0. The van der Waals surface area contributed by atoms with Gasteiger partial charge in [0.25, 0.3) is 0 Å². The molecule has 0 spiro atoms. The molecular weight excluding hydrogens is 183 g/mol. The third-order valence-corrected chi connectivity index (χ3v) is 3.23. The maximum Gasteiger partial charge on any atom is 0.0965 e. The third-order valence-electron chi connectivity index (χ3n) is 3.23. The Bertz CT molecular complexity index is 292. The minimum absolute atomic E-state index is 0.0669. The van der Waals surface area contributed by atoms with Gasteiger partial charge in [-0.2, -0.15) is 0 Å². The van der Waals surface area contributed by atoms with Crippen LogP contribution in [0.5, 0.6) is 0 Å². The molecule has 0 aromatic rings. The van der Waals surface area contributed by atoms with E-state index in [4.69, 9.17) is 13.3 Å². The van der Waals surface area contributed by atoms with Crippen LogP contribution in [-0.2, 0) is 0 Å². The van der Waals surface area contributed by atoms with Crippen molar-refractivity contribution in [2.24, 2.45) is 0 Å². The van der Waals surface area contributed by atoms with Crippen molar-refractivity contribution >= 4 is 13.7 Å². The number of rotatable bonds is 1. The van der Waals surface area contributed by atoms with E-state index in [1.54, 1.807) is 0 Å². The summed E-state index contributed by atoms with van der Waals surface area (Å²) in [6.07, 6.45) is 4.18.